The van der Waals surface area contributed by atoms with E-state index >= 15 is 0 Å². The number of β-amino-alcohol motifs (C(OH)–C–C–N with tert-alkyl or cyclic N) is 1. The van der Waals surface area contributed by atoms with Gasteiger partial charge >= 0.3 is 5.97 Å². The van der Waals surface area contributed by atoms with Crippen LogP contribution in [0.1, 0.15) is 5.56 Å². The van der Waals surface area contributed by atoms with Gasteiger partial charge < -0.3 is 20.1 Å². The number of anilines is 1. The number of hydrogen-bond acceptors (Lipinski definition) is 7. The van der Waals surface area contributed by atoms with Crippen LogP contribution in [0.3, 0.4) is 0 Å². The molecule has 1 heterocycles. The Balaban J connectivity index is 2.52. The van der Waals surface area contributed by atoms with E-state index < -0.39 is 21.7 Å². The SMILES string of the molecule is COC(=O)C1=C(Nc2cc(S(C)(=O)=O)cc(C)c2Cl)C(=O)N(CCO)C1. The normalized spacial score (nSPS) is 14.8. The first-order chi connectivity index (χ1) is 12.1. The number of halogens is 1. The zero-order chi connectivity index (χ0) is 19.6. The molecule has 1 aromatic carbocycles. The Morgan fingerprint density at radius 1 is 1.42 bits per heavy atom. The maximum absolute atomic E-state index is 12.5. The number of nitrogens with one attached hydrogen (secondary N) is 1. The number of aryl methyl sites for hydroxylation is 1. The zero-order valence-corrected chi connectivity index (χ0v) is 16.1. The number of hydrogen-bond donors (Lipinski definition) is 2. The number of rotatable bonds is 6. The van der Waals surface area contributed by atoms with Crippen LogP contribution in [0, 0.1) is 6.92 Å². The number of sulfone groups is 1. The van der Waals surface area contributed by atoms with Gasteiger partial charge in [0.15, 0.2) is 9.84 Å². The Bertz CT molecular complexity index is 894. The van der Waals surface area contributed by atoms with E-state index in [4.69, 9.17) is 21.4 Å². The lowest BCUT2D eigenvalue weighted by Gasteiger charge is -2.16. The molecule has 1 aliphatic heterocycles. The molecule has 0 atom stereocenters. The van der Waals surface area contributed by atoms with Crippen molar-refractivity contribution in [2.45, 2.75) is 11.8 Å². The first-order valence-corrected chi connectivity index (χ1v) is 9.86. The summed E-state index contributed by atoms with van der Waals surface area (Å²) >= 11 is 6.24. The van der Waals surface area contributed by atoms with Crippen LogP contribution in [-0.2, 0) is 24.2 Å². The van der Waals surface area contributed by atoms with Crippen molar-refractivity contribution in [3.63, 3.8) is 0 Å². The predicted molar refractivity (Wildman–Crippen MR) is 95.6 cm³/mol. The summed E-state index contributed by atoms with van der Waals surface area (Å²) in [5.74, 6) is -1.22. The molecule has 2 N–H and O–H groups in total. The van der Waals surface area contributed by atoms with Gasteiger partial charge in [-0.3, -0.25) is 4.79 Å². The minimum absolute atomic E-state index is 0.0276. The van der Waals surface area contributed by atoms with Crippen molar-refractivity contribution < 1.29 is 27.9 Å². The molecule has 0 aromatic heterocycles. The lowest BCUT2D eigenvalue weighted by molar-refractivity contribution is -0.136. The van der Waals surface area contributed by atoms with Crippen LogP contribution in [-0.4, -0.2) is 63.4 Å². The molecular formula is C16H19ClN2O6S. The van der Waals surface area contributed by atoms with Crippen molar-refractivity contribution >= 4 is 39.0 Å². The minimum atomic E-state index is -3.50. The standard InChI is InChI=1S/C16H19ClN2O6S/c1-9-6-10(26(3,23)24)7-12(13(9)17)18-14-11(16(22)25-2)8-19(4-5-20)15(14)21/h6-7,18,20H,4-5,8H2,1-3H3. The molecule has 2 rings (SSSR count). The van der Waals surface area contributed by atoms with E-state index in [0.29, 0.717) is 5.56 Å². The highest BCUT2D eigenvalue weighted by atomic mass is 35.5. The van der Waals surface area contributed by atoms with Gasteiger partial charge in [0.25, 0.3) is 5.91 Å². The number of ether oxygens (including phenoxy) is 1. The van der Waals surface area contributed by atoms with E-state index in [1.165, 1.54) is 24.1 Å². The molecule has 10 heteroatoms. The first kappa shape index (κ1) is 20.2. The molecule has 0 fully saturated rings. The van der Waals surface area contributed by atoms with Gasteiger partial charge in [0.1, 0.15) is 5.70 Å². The van der Waals surface area contributed by atoms with Crippen LogP contribution in [0.4, 0.5) is 5.69 Å². The highest BCUT2D eigenvalue weighted by Crippen LogP contribution is 2.32. The first-order valence-electron chi connectivity index (χ1n) is 7.59. The number of esters is 1. The van der Waals surface area contributed by atoms with E-state index in [-0.39, 0.29) is 46.6 Å². The molecule has 0 bridgehead atoms. The molecule has 0 saturated carbocycles. The number of methoxy groups -OCH3 is 1. The van der Waals surface area contributed by atoms with Gasteiger partial charge in [0.05, 0.1) is 41.4 Å². The summed E-state index contributed by atoms with van der Waals surface area (Å²) in [4.78, 5) is 25.8. The molecule has 1 amide bonds. The van der Waals surface area contributed by atoms with Crippen LogP contribution in [0.2, 0.25) is 5.02 Å². The Morgan fingerprint density at radius 3 is 2.62 bits per heavy atom. The molecule has 0 unspecified atom stereocenters. The number of aliphatic hydroxyl groups excluding tert-OH is 1. The maximum Gasteiger partial charge on any atom is 0.337 e. The van der Waals surface area contributed by atoms with E-state index in [1.807, 2.05) is 0 Å². The van der Waals surface area contributed by atoms with Gasteiger partial charge in [-0.2, -0.15) is 0 Å². The highest BCUT2D eigenvalue weighted by molar-refractivity contribution is 7.90. The third-order valence-electron chi connectivity index (χ3n) is 3.87. The van der Waals surface area contributed by atoms with E-state index in [1.54, 1.807) is 6.92 Å². The average Bonchev–Trinajstić information content (AvgIpc) is 2.87. The number of carbonyl (C=O) groups excluding carboxylic acids is 2. The number of benzene rings is 1. The summed E-state index contributed by atoms with van der Waals surface area (Å²) in [5.41, 5.74) is 0.694. The quantitative estimate of drug-likeness (QED) is 0.674. The third kappa shape index (κ3) is 4.00. The van der Waals surface area contributed by atoms with Gasteiger partial charge in [-0.15, -0.1) is 0 Å². The van der Waals surface area contributed by atoms with Crippen LogP contribution < -0.4 is 5.32 Å². The summed E-state index contributed by atoms with van der Waals surface area (Å²) < 4.78 is 28.4. The fourth-order valence-electron chi connectivity index (χ4n) is 2.53. The predicted octanol–water partition coefficient (Wildman–Crippen LogP) is 0.725. The Kier molecular flexibility index (Phi) is 5.94. The topological polar surface area (TPSA) is 113 Å². The number of carbonyl (C=O) groups is 2. The third-order valence-corrected chi connectivity index (χ3v) is 5.46. The summed E-state index contributed by atoms with van der Waals surface area (Å²) in [5, 5.41) is 12.1. The summed E-state index contributed by atoms with van der Waals surface area (Å²) in [6, 6.07) is 2.72. The molecular weight excluding hydrogens is 384 g/mol. The second-order valence-corrected chi connectivity index (χ2v) is 8.19. The zero-order valence-electron chi connectivity index (χ0n) is 14.5. The minimum Gasteiger partial charge on any atom is -0.466 e. The van der Waals surface area contributed by atoms with Crippen LogP contribution in [0.5, 0.6) is 0 Å². The second kappa shape index (κ2) is 7.65. The van der Waals surface area contributed by atoms with Crippen LogP contribution >= 0.6 is 11.6 Å². The lowest BCUT2D eigenvalue weighted by atomic mass is 10.2. The number of aliphatic hydroxyl groups is 1. The number of amides is 1. The largest absolute Gasteiger partial charge is 0.466 e. The Morgan fingerprint density at radius 2 is 2.08 bits per heavy atom. The number of nitrogens with zero attached hydrogens (tertiary/aromatic N) is 1. The van der Waals surface area contributed by atoms with Gasteiger partial charge in [0.2, 0.25) is 0 Å². The Hall–Kier alpha value is -2.10. The summed E-state index contributed by atoms with van der Waals surface area (Å²) in [6.45, 7) is 1.38. The summed E-state index contributed by atoms with van der Waals surface area (Å²) in [6.07, 6.45) is 1.06. The highest BCUT2D eigenvalue weighted by Gasteiger charge is 2.34. The van der Waals surface area contributed by atoms with Gasteiger partial charge in [-0.25, -0.2) is 13.2 Å². The maximum atomic E-state index is 12.5. The molecule has 1 aromatic rings. The molecule has 142 valence electrons. The van der Waals surface area contributed by atoms with Crippen molar-refractivity contribution in [2.24, 2.45) is 0 Å². The second-order valence-electron chi connectivity index (χ2n) is 5.79. The van der Waals surface area contributed by atoms with E-state index in [9.17, 15) is 18.0 Å². The average molecular weight is 403 g/mol. The lowest BCUT2D eigenvalue weighted by Crippen LogP contribution is -2.31. The molecule has 1 aliphatic rings. The molecule has 0 spiro atoms. The van der Waals surface area contributed by atoms with Gasteiger partial charge in [0, 0.05) is 12.8 Å². The van der Waals surface area contributed by atoms with Crippen molar-refractivity contribution in [2.75, 3.05) is 38.4 Å². The molecule has 0 radical (unpaired) electrons. The molecule has 0 aliphatic carbocycles. The van der Waals surface area contributed by atoms with Crippen molar-refractivity contribution in [1.82, 2.24) is 4.90 Å². The molecule has 0 saturated heterocycles. The van der Waals surface area contributed by atoms with E-state index in [2.05, 4.69) is 5.32 Å². The van der Waals surface area contributed by atoms with Gasteiger partial charge in [-0.1, -0.05) is 11.6 Å². The smallest absolute Gasteiger partial charge is 0.337 e. The van der Waals surface area contributed by atoms with Gasteiger partial charge in [-0.05, 0) is 24.6 Å². The van der Waals surface area contributed by atoms with E-state index in [0.717, 1.165) is 6.26 Å². The fourth-order valence-corrected chi connectivity index (χ4v) is 3.40. The van der Waals surface area contributed by atoms with Crippen LogP contribution in [0.15, 0.2) is 28.3 Å². The van der Waals surface area contributed by atoms with Crippen molar-refractivity contribution in [3.05, 3.63) is 34.0 Å². The summed E-state index contributed by atoms with van der Waals surface area (Å²) in [7, 11) is -2.31. The van der Waals surface area contributed by atoms with Crippen molar-refractivity contribution in [1.29, 1.82) is 0 Å². The van der Waals surface area contributed by atoms with Crippen LogP contribution in [0.25, 0.3) is 0 Å². The monoisotopic (exact) mass is 402 g/mol. The molecule has 26 heavy (non-hydrogen) atoms. The van der Waals surface area contributed by atoms with Crippen molar-refractivity contribution in [3.8, 4) is 0 Å². The Labute approximate surface area is 156 Å². The fraction of sp³-hybridized carbons (Fsp3) is 0.375. The molecule has 8 nitrogen and oxygen atoms in total.